The van der Waals surface area contributed by atoms with Crippen molar-refractivity contribution in [3.8, 4) is 0 Å². The minimum Gasteiger partial charge on any atom is -0.480 e. The third kappa shape index (κ3) is 2.80. The Morgan fingerprint density at radius 3 is 1.84 bits per heavy atom. The maximum atomic E-state index is 13.2. The van der Waals surface area contributed by atoms with Crippen LogP contribution in [0, 0.1) is 29.1 Å². The van der Waals surface area contributed by atoms with Crippen LogP contribution in [0.2, 0.25) is 0 Å². The molecule has 0 aromatic heterocycles. The average molecular weight is 283 g/mol. The van der Waals surface area contributed by atoms with Crippen LogP contribution >= 0.6 is 0 Å². The van der Waals surface area contributed by atoms with E-state index in [0.717, 1.165) is 0 Å². The predicted molar refractivity (Wildman–Crippen MR) is 50.6 cm³/mol. The first-order valence-corrected chi connectivity index (χ1v) is 4.74. The molecule has 0 aliphatic heterocycles. The lowest BCUT2D eigenvalue weighted by molar-refractivity contribution is -0.140. The zero-order valence-corrected chi connectivity index (χ0v) is 9.02. The molecule has 104 valence electrons. The summed E-state index contributed by atoms with van der Waals surface area (Å²) in [6.07, 6.45) is -1.15. The number of carboxylic acids is 1. The first-order valence-electron chi connectivity index (χ1n) is 4.74. The van der Waals surface area contributed by atoms with E-state index in [1.54, 1.807) is 5.32 Å². The average Bonchev–Trinajstić information content (AvgIpc) is 2.37. The standard InChI is InChI=1S/C10H6F5NO3/c11-5-3(1-4(10(18)19)16-2-17)6(12)8(14)9(15)7(5)13/h2,4H,1H2,(H,16,17)(H,18,19). The van der Waals surface area contributed by atoms with Gasteiger partial charge in [-0.3, -0.25) is 4.79 Å². The molecule has 1 aromatic rings. The van der Waals surface area contributed by atoms with E-state index >= 15 is 0 Å². The molecule has 0 heterocycles. The SMILES string of the molecule is O=CNC(Cc1c(F)c(F)c(F)c(F)c1F)C(=O)O. The van der Waals surface area contributed by atoms with Gasteiger partial charge in [0.05, 0.1) is 0 Å². The molecule has 1 atom stereocenters. The molecule has 0 spiro atoms. The Bertz CT molecular complexity index is 505. The van der Waals surface area contributed by atoms with Crippen molar-refractivity contribution in [2.75, 3.05) is 0 Å². The molecule has 1 aromatic carbocycles. The summed E-state index contributed by atoms with van der Waals surface area (Å²) in [6, 6.07) is -1.81. The van der Waals surface area contributed by atoms with Gasteiger partial charge in [0, 0.05) is 12.0 Å². The van der Waals surface area contributed by atoms with Gasteiger partial charge in [-0.05, 0) is 0 Å². The van der Waals surface area contributed by atoms with Crippen LogP contribution in [0.15, 0.2) is 0 Å². The molecule has 0 fully saturated rings. The topological polar surface area (TPSA) is 66.4 Å². The number of halogens is 5. The van der Waals surface area contributed by atoms with E-state index < -0.39 is 53.1 Å². The highest BCUT2D eigenvalue weighted by atomic mass is 19.2. The summed E-state index contributed by atoms with van der Waals surface area (Å²) in [6.45, 7) is 0. The number of carbonyl (C=O) groups excluding carboxylic acids is 1. The normalized spacial score (nSPS) is 12.1. The Morgan fingerprint density at radius 2 is 1.47 bits per heavy atom. The van der Waals surface area contributed by atoms with Gasteiger partial charge in [-0.15, -0.1) is 0 Å². The van der Waals surface area contributed by atoms with Gasteiger partial charge >= 0.3 is 5.97 Å². The molecular formula is C10H6F5NO3. The number of carboxylic acid groups (broad SMARTS) is 1. The van der Waals surface area contributed by atoms with Crippen LogP contribution in [0.25, 0.3) is 0 Å². The number of aliphatic carboxylic acids is 1. The molecule has 0 saturated carbocycles. The summed E-state index contributed by atoms with van der Waals surface area (Å²) in [5.74, 6) is -12.6. The number of carbonyl (C=O) groups is 2. The second-order valence-electron chi connectivity index (χ2n) is 3.43. The van der Waals surface area contributed by atoms with Gasteiger partial charge in [-0.1, -0.05) is 0 Å². The Balaban J connectivity index is 3.27. The van der Waals surface area contributed by atoms with Crippen molar-refractivity contribution in [3.05, 3.63) is 34.6 Å². The number of benzene rings is 1. The van der Waals surface area contributed by atoms with E-state index in [1.807, 2.05) is 0 Å². The van der Waals surface area contributed by atoms with Gasteiger partial charge in [-0.25, -0.2) is 26.7 Å². The third-order valence-corrected chi connectivity index (χ3v) is 2.28. The van der Waals surface area contributed by atoms with Gasteiger partial charge in [0.1, 0.15) is 6.04 Å². The number of amides is 1. The van der Waals surface area contributed by atoms with Crippen LogP contribution in [0.1, 0.15) is 5.56 Å². The van der Waals surface area contributed by atoms with Crippen LogP contribution in [0.4, 0.5) is 22.0 Å². The fourth-order valence-corrected chi connectivity index (χ4v) is 1.33. The Labute approximate surface area is 102 Å². The van der Waals surface area contributed by atoms with Gasteiger partial charge in [0.25, 0.3) is 0 Å². The summed E-state index contributed by atoms with van der Waals surface area (Å²) in [4.78, 5) is 20.7. The van der Waals surface area contributed by atoms with Crippen molar-refractivity contribution in [1.82, 2.24) is 5.32 Å². The first-order chi connectivity index (χ1) is 8.81. The lowest BCUT2D eigenvalue weighted by Crippen LogP contribution is -2.38. The molecule has 1 unspecified atom stereocenters. The van der Waals surface area contributed by atoms with E-state index in [1.165, 1.54) is 0 Å². The minimum absolute atomic E-state index is 0.0646. The van der Waals surface area contributed by atoms with Crippen molar-refractivity contribution < 1.29 is 36.6 Å². The molecule has 4 nitrogen and oxygen atoms in total. The molecule has 0 radical (unpaired) electrons. The molecule has 0 bridgehead atoms. The van der Waals surface area contributed by atoms with E-state index in [4.69, 9.17) is 5.11 Å². The van der Waals surface area contributed by atoms with Crippen LogP contribution in [0.3, 0.4) is 0 Å². The summed E-state index contributed by atoms with van der Waals surface area (Å²) < 4.78 is 64.9. The molecule has 0 aliphatic carbocycles. The van der Waals surface area contributed by atoms with Crippen molar-refractivity contribution in [2.45, 2.75) is 12.5 Å². The smallest absolute Gasteiger partial charge is 0.326 e. The third-order valence-electron chi connectivity index (χ3n) is 2.28. The fraction of sp³-hybridized carbons (Fsp3) is 0.200. The number of hydrogen-bond donors (Lipinski definition) is 2. The monoisotopic (exact) mass is 283 g/mol. The second kappa shape index (κ2) is 5.63. The first kappa shape index (κ1) is 14.9. The Kier molecular flexibility index (Phi) is 4.41. The number of hydrogen-bond acceptors (Lipinski definition) is 2. The molecule has 0 saturated heterocycles. The highest BCUT2D eigenvalue weighted by Crippen LogP contribution is 2.24. The lowest BCUT2D eigenvalue weighted by Gasteiger charge is -2.13. The zero-order chi connectivity index (χ0) is 14.7. The Hall–Kier alpha value is -2.19. The zero-order valence-electron chi connectivity index (χ0n) is 9.02. The van der Waals surface area contributed by atoms with E-state index in [2.05, 4.69) is 0 Å². The molecular weight excluding hydrogens is 277 g/mol. The summed E-state index contributed by atoms with van der Waals surface area (Å²) in [5.41, 5.74) is -1.31. The molecule has 1 amide bonds. The molecule has 2 N–H and O–H groups in total. The van der Waals surface area contributed by atoms with Crippen LogP contribution in [-0.2, 0) is 16.0 Å². The van der Waals surface area contributed by atoms with Gasteiger partial charge < -0.3 is 10.4 Å². The molecule has 1 rings (SSSR count). The van der Waals surface area contributed by atoms with Crippen molar-refractivity contribution in [3.63, 3.8) is 0 Å². The highest BCUT2D eigenvalue weighted by Gasteiger charge is 2.29. The van der Waals surface area contributed by atoms with Gasteiger partial charge in [0.2, 0.25) is 12.2 Å². The largest absolute Gasteiger partial charge is 0.480 e. The van der Waals surface area contributed by atoms with Crippen molar-refractivity contribution in [1.29, 1.82) is 0 Å². The van der Waals surface area contributed by atoms with Crippen LogP contribution in [0.5, 0.6) is 0 Å². The summed E-state index contributed by atoms with van der Waals surface area (Å²) in [7, 11) is 0. The highest BCUT2D eigenvalue weighted by molar-refractivity contribution is 5.76. The molecule has 0 aliphatic rings. The van der Waals surface area contributed by atoms with E-state index in [9.17, 15) is 31.5 Å². The van der Waals surface area contributed by atoms with Crippen LogP contribution in [-0.4, -0.2) is 23.5 Å². The van der Waals surface area contributed by atoms with Crippen molar-refractivity contribution in [2.24, 2.45) is 0 Å². The second-order valence-corrected chi connectivity index (χ2v) is 3.43. The van der Waals surface area contributed by atoms with Gasteiger partial charge in [0.15, 0.2) is 23.3 Å². The van der Waals surface area contributed by atoms with E-state index in [0.29, 0.717) is 0 Å². The quantitative estimate of drug-likeness (QED) is 0.368. The maximum absolute atomic E-state index is 13.2. The molecule has 19 heavy (non-hydrogen) atoms. The Morgan fingerprint density at radius 1 is 1.05 bits per heavy atom. The maximum Gasteiger partial charge on any atom is 0.326 e. The lowest BCUT2D eigenvalue weighted by atomic mass is 10.0. The molecule has 9 heteroatoms. The minimum atomic E-state index is -2.34. The van der Waals surface area contributed by atoms with Crippen LogP contribution < -0.4 is 5.32 Å². The fourth-order valence-electron chi connectivity index (χ4n) is 1.33. The predicted octanol–water partition coefficient (Wildman–Crippen LogP) is 1.12. The number of nitrogens with one attached hydrogen (secondary N) is 1. The summed E-state index contributed by atoms with van der Waals surface area (Å²) >= 11 is 0. The van der Waals surface area contributed by atoms with Gasteiger partial charge in [-0.2, -0.15) is 0 Å². The number of rotatable bonds is 5. The van der Waals surface area contributed by atoms with Crippen molar-refractivity contribution >= 4 is 12.4 Å². The van der Waals surface area contributed by atoms with E-state index in [-0.39, 0.29) is 6.41 Å². The summed E-state index contributed by atoms with van der Waals surface area (Å²) in [5, 5.41) is 10.3.